The molecule has 0 saturated carbocycles. The van der Waals surface area contributed by atoms with Gasteiger partial charge in [0, 0.05) is 25.7 Å². The number of benzene rings is 1. The molecule has 0 spiro atoms. The molecule has 2 aromatic rings. The van der Waals surface area contributed by atoms with E-state index in [0.717, 1.165) is 49.9 Å². The highest BCUT2D eigenvalue weighted by atomic mass is 15.2. The van der Waals surface area contributed by atoms with E-state index in [1.165, 1.54) is 24.9 Å². The molecule has 0 amide bonds. The number of rotatable bonds is 7. The van der Waals surface area contributed by atoms with Gasteiger partial charge in [-0.25, -0.2) is 4.98 Å². The number of imidazole rings is 1. The van der Waals surface area contributed by atoms with Gasteiger partial charge in [-0.3, -0.25) is 4.99 Å². The lowest BCUT2D eigenvalue weighted by Crippen LogP contribution is -2.39. The molecule has 1 aliphatic rings. The topological polar surface area (TPSA) is 57.5 Å². The second-order valence-electron chi connectivity index (χ2n) is 7.08. The zero-order chi connectivity index (χ0) is 18.4. The third-order valence-electron chi connectivity index (χ3n) is 5.17. The number of hydrogen-bond donors (Lipinski definition) is 2. The summed E-state index contributed by atoms with van der Waals surface area (Å²) in [6.45, 7) is 9.01. The molecule has 1 atom stereocenters. The van der Waals surface area contributed by atoms with Gasteiger partial charge in [0.25, 0.3) is 0 Å². The van der Waals surface area contributed by atoms with Crippen LogP contribution in [0.5, 0.6) is 0 Å². The van der Waals surface area contributed by atoms with Gasteiger partial charge in [0.2, 0.25) is 0 Å². The summed E-state index contributed by atoms with van der Waals surface area (Å²) in [5.74, 6) is 2.01. The van der Waals surface area contributed by atoms with Crippen LogP contribution in [0.1, 0.15) is 32.0 Å². The third kappa shape index (κ3) is 4.55. The first-order valence-electron chi connectivity index (χ1n) is 9.83. The summed E-state index contributed by atoms with van der Waals surface area (Å²) < 4.78 is 2.30. The number of guanidine groups is 1. The fourth-order valence-corrected chi connectivity index (χ4v) is 3.67. The van der Waals surface area contributed by atoms with E-state index in [-0.39, 0.29) is 0 Å². The predicted molar refractivity (Wildman–Crippen MR) is 109 cm³/mol. The average molecular weight is 357 g/mol. The van der Waals surface area contributed by atoms with Crippen LogP contribution in [-0.2, 0) is 6.54 Å². The molecule has 1 aliphatic heterocycles. The van der Waals surface area contributed by atoms with Crippen molar-refractivity contribution in [2.45, 2.75) is 45.7 Å². The smallest absolute Gasteiger partial charge is 0.191 e. The lowest BCUT2D eigenvalue weighted by molar-refractivity contribution is 0.317. The van der Waals surface area contributed by atoms with Crippen LogP contribution < -0.4 is 10.6 Å². The molecule has 2 N–H and O–H groups in total. The molecule has 0 radical (unpaired) electrons. The Kier molecular flexibility index (Phi) is 6.50. The van der Waals surface area contributed by atoms with Gasteiger partial charge in [0.05, 0.1) is 17.6 Å². The Bertz CT molecular complexity index is 735. The van der Waals surface area contributed by atoms with E-state index in [4.69, 9.17) is 4.99 Å². The highest BCUT2D eigenvalue weighted by Gasteiger charge is 2.20. The number of aliphatic imine (C=N–C) groups is 1. The fraction of sp³-hybridized carbons (Fsp3) is 0.600. The first-order valence-corrected chi connectivity index (χ1v) is 9.83. The van der Waals surface area contributed by atoms with E-state index < -0.39 is 0 Å². The van der Waals surface area contributed by atoms with Gasteiger partial charge in [0.1, 0.15) is 5.82 Å². The summed E-state index contributed by atoms with van der Waals surface area (Å²) in [6, 6.07) is 8.93. The van der Waals surface area contributed by atoms with Crippen molar-refractivity contribution >= 4 is 17.0 Å². The lowest BCUT2D eigenvalue weighted by Gasteiger charge is -2.18. The molecule has 142 valence electrons. The maximum Gasteiger partial charge on any atom is 0.191 e. The van der Waals surface area contributed by atoms with E-state index in [0.29, 0.717) is 6.04 Å². The highest BCUT2D eigenvalue weighted by molar-refractivity contribution is 5.79. The van der Waals surface area contributed by atoms with Crippen LogP contribution in [0.15, 0.2) is 29.3 Å². The van der Waals surface area contributed by atoms with Crippen LogP contribution in [0.3, 0.4) is 0 Å². The molecule has 0 bridgehead atoms. The van der Waals surface area contributed by atoms with Crippen LogP contribution in [0, 0.1) is 6.92 Å². The van der Waals surface area contributed by atoms with Gasteiger partial charge in [-0.05, 0) is 58.8 Å². The summed E-state index contributed by atoms with van der Waals surface area (Å²) in [7, 11) is 2.20. The molecule has 0 aliphatic carbocycles. The number of likely N-dealkylation sites (N-methyl/N-ethyl adjacent to an activating group) is 1. The molecule has 1 aromatic heterocycles. The Balaban J connectivity index is 1.50. The van der Waals surface area contributed by atoms with E-state index in [2.05, 4.69) is 64.2 Å². The van der Waals surface area contributed by atoms with E-state index in [1.54, 1.807) is 0 Å². The number of aryl methyl sites for hydroxylation is 2. The summed E-state index contributed by atoms with van der Waals surface area (Å²) in [5.41, 5.74) is 2.29. The number of aromatic nitrogens is 2. The zero-order valence-electron chi connectivity index (χ0n) is 16.3. The zero-order valence-corrected chi connectivity index (χ0v) is 16.3. The minimum atomic E-state index is 0.588. The van der Waals surface area contributed by atoms with Crippen molar-refractivity contribution in [3.8, 4) is 0 Å². The fourth-order valence-electron chi connectivity index (χ4n) is 3.67. The van der Waals surface area contributed by atoms with Gasteiger partial charge in [0.15, 0.2) is 5.96 Å². The SMILES string of the molecule is CCNC(=NCC1CCCN1C)NCCCn1c(C)nc2ccccc21. The Morgan fingerprint density at radius 1 is 1.31 bits per heavy atom. The van der Waals surface area contributed by atoms with Crippen molar-refractivity contribution in [2.75, 3.05) is 33.2 Å². The van der Waals surface area contributed by atoms with E-state index in [1.807, 2.05) is 6.07 Å². The predicted octanol–water partition coefficient (Wildman–Crippen LogP) is 2.38. The molecule has 1 fully saturated rings. The van der Waals surface area contributed by atoms with Crippen molar-refractivity contribution in [3.63, 3.8) is 0 Å². The molecule has 1 saturated heterocycles. The van der Waals surface area contributed by atoms with Crippen LogP contribution in [-0.4, -0.2) is 59.7 Å². The van der Waals surface area contributed by atoms with Crippen molar-refractivity contribution in [1.29, 1.82) is 0 Å². The van der Waals surface area contributed by atoms with Crippen LogP contribution in [0.25, 0.3) is 11.0 Å². The Hall–Kier alpha value is -2.08. The van der Waals surface area contributed by atoms with Crippen molar-refractivity contribution in [3.05, 3.63) is 30.1 Å². The third-order valence-corrected chi connectivity index (χ3v) is 5.17. The number of fused-ring (bicyclic) bond motifs is 1. The minimum absolute atomic E-state index is 0.588. The quantitative estimate of drug-likeness (QED) is 0.454. The van der Waals surface area contributed by atoms with Gasteiger partial charge in [-0.15, -0.1) is 0 Å². The van der Waals surface area contributed by atoms with Crippen LogP contribution in [0.2, 0.25) is 0 Å². The standard InChI is InChI=1S/C20H32N6/c1-4-21-20(23-15-17-9-7-13-25(17)3)22-12-8-14-26-16(2)24-18-10-5-6-11-19(18)26/h5-6,10-11,17H,4,7-9,12-15H2,1-3H3,(H2,21,22,23). The molecule has 3 rings (SSSR count). The summed E-state index contributed by atoms with van der Waals surface area (Å²) in [6.07, 6.45) is 3.58. The maximum absolute atomic E-state index is 4.78. The highest BCUT2D eigenvalue weighted by Crippen LogP contribution is 2.16. The minimum Gasteiger partial charge on any atom is -0.357 e. The molecule has 1 unspecified atom stereocenters. The van der Waals surface area contributed by atoms with E-state index >= 15 is 0 Å². The van der Waals surface area contributed by atoms with Crippen molar-refractivity contribution in [2.24, 2.45) is 4.99 Å². The lowest BCUT2D eigenvalue weighted by atomic mass is 10.2. The number of nitrogens with one attached hydrogen (secondary N) is 2. The van der Waals surface area contributed by atoms with E-state index in [9.17, 15) is 0 Å². The first-order chi connectivity index (χ1) is 12.7. The number of nitrogens with zero attached hydrogens (tertiary/aromatic N) is 4. The molecular formula is C20H32N6. The maximum atomic E-state index is 4.78. The molecule has 2 heterocycles. The Morgan fingerprint density at radius 3 is 2.92 bits per heavy atom. The molecule has 6 nitrogen and oxygen atoms in total. The largest absolute Gasteiger partial charge is 0.357 e. The molecular weight excluding hydrogens is 324 g/mol. The summed E-state index contributed by atoms with van der Waals surface area (Å²) in [4.78, 5) is 11.8. The average Bonchev–Trinajstić information content (AvgIpc) is 3.19. The van der Waals surface area contributed by atoms with Gasteiger partial charge in [-0.2, -0.15) is 0 Å². The second kappa shape index (κ2) is 9.03. The first kappa shape index (κ1) is 18.7. The normalized spacial score (nSPS) is 18.6. The number of hydrogen-bond acceptors (Lipinski definition) is 3. The molecule has 26 heavy (non-hydrogen) atoms. The van der Waals surface area contributed by atoms with Crippen molar-refractivity contribution < 1.29 is 0 Å². The monoisotopic (exact) mass is 356 g/mol. The van der Waals surface area contributed by atoms with Crippen LogP contribution >= 0.6 is 0 Å². The Morgan fingerprint density at radius 2 is 2.15 bits per heavy atom. The van der Waals surface area contributed by atoms with Gasteiger partial charge < -0.3 is 20.1 Å². The summed E-state index contributed by atoms with van der Waals surface area (Å²) in [5, 5.41) is 6.83. The number of para-hydroxylation sites is 2. The van der Waals surface area contributed by atoms with Gasteiger partial charge >= 0.3 is 0 Å². The molecule has 6 heteroatoms. The summed E-state index contributed by atoms with van der Waals surface area (Å²) >= 11 is 0. The number of likely N-dealkylation sites (tertiary alicyclic amines) is 1. The second-order valence-corrected chi connectivity index (χ2v) is 7.08. The van der Waals surface area contributed by atoms with Gasteiger partial charge in [-0.1, -0.05) is 12.1 Å². The Labute approximate surface area is 156 Å². The van der Waals surface area contributed by atoms with Crippen molar-refractivity contribution in [1.82, 2.24) is 25.1 Å². The van der Waals surface area contributed by atoms with Crippen LogP contribution in [0.4, 0.5) is 0 Å². The molecule has 1 aromatic carbocycles.